The molecule has 0 atom stereocenters. The van der Waals surface area contributed by atoms with E-state index in [9.17, 15) is 5.21 Å². The molecule has 0 unspecified atom stereocenters. The number of aromatic nitrogens is 4. The van der Waals surface area contributed by atoms with E-state index >= 15 is 0 Å². The third-order valence-corrected chi connectivity index (χ3v) is 3.34. The second-order valence-electron chi connectivity index (χ2n) is 5.06. The van der Waals surface area contributed by atoms with Crippen molar-refractivity contribution in [3.63, 3.8) is 0 Å². The lowest BCUT2D eigenvalue weighted by molar-refractivity contribution is -0.593. The van der Waals surface area contributed by atoms with E-state index in [1.165, 1.54) is 6.20 Å². The molecule has 7 nitrogen and oxygen atoms in total. The Bertz CT molecular complexity index is 870. The molecule has 0 amide bonds. The SMILES string of the molecule is OO.[O-][n+]1ccccc1-c1ccccn1.c1ccc(-c2ccccn2)nc1. The highest BCUT2D eigenvalue weighted by molar-refractivity contribution is 5.52. The normalized spacial score (nSPS) is 9.26. The Kier molecular flexibility index (Phi) is 8.03. The molecule has 0 radical (unpaired) electrons. The van der Waals surface area contributed by atoms with Crippen LogP contribution in [0, 0.1) is 5.21 Å². The maximum Gasteiger partial charge on any atom is 0.242 e. The Morgan fingerprint density at radius 2 is 1.04 bits per heavy atom. The first-order chi connectivity index (χ1) is 13.3. The molecule has 27 heavy (non-hydrogen) atoms. The van der Waals surface area contributed by atoms with Gasteiger partial charge in [0.05, 0.1) is 11.4 Å². The second-order valence-corrected chi connectivity index (χ2v) is 5.06. The topological polar surface area (TPSA) is 106 Å². The summed E-state index contributed by atoms with van der Waals surface area (Å²) in [5.74, 6) is 0. The lowest BCUT2D eigenvalue weighted by atomic mass is 10.2. The summed E-state index contributed by atoms with van der Waals surface area (Å²) in [5, 5.41) is 23.3. The van der Waals surface area contributed by atoms with Crippen molar-refractivity contribution in [2.24, 2.45) is 0 Å². The third-order valence-electron chi connectivity index (χ3n) is 3.34. The van der Waals surface area contributed by atoms with Crippen LogP contribution in [0.25, 0.3) is 22.8 Å². The largest absolute Gasteiger partial charge is 0.618 e. The van der Waals surface area contributed by atoms with Gasteiger partial charge in [0.1, 0.15) is 5.69 Å². The van der Waals surface area contributed by atoms with Gasteiger partial charge in [0.15, 0.2) is 6.20 Å². The summed E-state index contributed by atoms with van der Waals surface area (Å²) >= 11 is 0. The summed E-state index contributed by atoms with van der Waals surface area (Å²) in [6.45, 7) is 0. The molecule has 0 aliphatic carbocycles. The molecule has 0 aromatic carbocycles. The smallest absolute Gasteiger partial charge is 0.242 e. The van der Waals surface area contributed by atoms with Crippen LogP contribution in [0.1, 0.15) is 0 Å². The van der Waals surface area contributed by atoms with Crippen LogP contribution in [-0.2, 0) is 0 Å². The number of hydrogen-bond acceptors (Lipinski definition) is 6. The average molecular weight is 362 g/mol. The maximum atomic E-state index is 11.3. The summed E-state index contributed by atoms with van der Waals surface area (Å²) in [6, 6.07) is 22.3. The van der Waals surface area contributed by atoms with Crippen molar-refractivity contribution >= 4 is 0 Å². The minimum absolute atomic E-state index is 0.572. The van der Waals surface area contributed by atoms with Crippen molar-refractivity contribution in [2.45, 2.75) is 0 Å². The summed E-state index contributed by atoms with van der Waals surface area (Å²) in [7, 11) is 0. The molecule has 0 aliphatic heterocycles. The van der Waals surface area contributed by atoms with Gasteiger partial charge in [-0.15, -0.1) is 0 Å². The van der Waals surface area contributed by atoms with E-state index in [0.29, 0.717) is 11.4 Å². The molecule has 2 N–H and O–H groups in total. The fourth-order valence-electron chi connectivity index (χ4n) is 2.17. The van der Waals surface area contributed by atoms with Gasteiger partial charge in [-0.3, -0.25) is 20.5 Å². The number of nitrogens with zero attached hydrogens (tertiary/aromatic N) is 4. The Labute approximate surface area is 156 Å². The van der Waals surface area contributed by atoms with Crippen molar-refractivity contribution in [1.29, 1.82) is 0 Å². The predicted octanol–water partition coefficient (Wildman–Crippen LogP) is 3.54. The summed E-state index contributed by atoms with van der Waals surface area (Å²) in [4.78, 5) is 12.5. The Morgan fingerprint density at radius 1 is 0.593 bits per heavy atom. The van der Waals surface area contributed by atoms with Gasteiger partial charge in [0.2, 0.25) is 5.69 Å². The lowest BCUT2D eigenvalue weighted by Gasteiger charge is -2.01. The van der Waals surface area contributed by atoms with Crippen LogP contribution in [0.5, 0.6) is 0 Å². The summed E-state index contributed by atoms with van der Waals surface area (Å²) in [5.41, 5.74) is 3.09. The van der Waals surface area contributed by atoms with E-state index in [0.717, 1.165) is 16.1 Å². The van der Waals surface area contributed by atoms with Crippen molar-refractivity contribution in [2.75, 3.05) is 0 Å². The van der Waals surface area contributed by atoms with Crippen LogP contribution in [0.15, 0.2) is 97.6 Å². The molecule has 0 saturated heterocycles. The van der Waals surface area contributed by atoms with Gasteiger partial charge in [-0.05, 0) is 42.5 Å². The summed E-state index contributed by atoms with van der Waals surface area (Å²) in [6.07, 6.45) is 6.67. The molecule has 0 saturated carbocycles. The molecule has 0 aliphatic rings. The highest BCUT2D eigenvalue weighted by Gasteiger charge is 2.06. The highest BCUT2D eigenvalue weighted by Crippen LogP contribution is 2.11. The van der Waals surface area contributed by atoms with Crippen molar-refractivity contribution in [3.05, 3.63) is 103 Å². The number of rotatable bonds is 2. The van der Waals surface area contributed by atoms with E-state index in [4.69, 9.17) is 10.5 Å². The highest BCUT2D eigenvalue weighted by atomic mass is 17.0. The van der Waals surface area contributed by atoms with Gasteiger partial charge in [0.25, 0.3) is 0 Å². The molecular formula is C20H18N4O3. The third kappa shape index (κ3) is 5.96. The van der Waals surface area contributed by atoms with E-state index in [2.05, 4.69) is 15.0 Å². The monoisotopic (exact) mass is 362 g/mol. The molecule has 4 aromatic rings. The van der Waals surface area contributed by atoms with E-state index in [1.54, 1.807) is 30.7 Å². The Hall–Kier alpha value is -3.68. The molecule has 4 heterocycles. The van der Waals surface area contributed by atoms with Gasteiger partial charge in [-0.2, -0.15) is 4.73 Å². The van der Waals surface area contributed by atoms with Gasteiger partial charge < -0.3 is 5.21 Å². The van der Waals surface area contributed by atoms with Crippen LogP contribution < -0.4 is 4.73 Å². The first kappa shape index (κ1) is 19.6. The average Bonchev–Trinajstić information content (AvgIpc) is 2.78. The second kappa shape index (κ2) is 11.0. The van der Waals surface area contributed by atoms with Crippen molar-refractivity contribution in [1.82, 2.24) is 15.0 Å². The summed E-state index contributed by atoms with van der Waals surface area (Å²) < 4.78 is 0.808. The predicted molar refractivity (Wildman–Crippen MR) is 101 cm³/mol. The zero-order chi connectivity index (χ0) is 19.3. The minimum atomic E-state index is 0.572. The molecule has 4 rings (SSSR count). The molecule has 7 heteroatoms. The van der Waals surface area contributed by atoms with Crippen molar-refractivity contribution in [3.8, 4) is 22.8 Å². The number of pyridine rings is 4. The van der Waals surface area contributed by atoms with Crippen LogP contribution in [0.4, 0.5) is 0 Å². The van der Waals surface area contributed by atoms with Crippen molar-refractivity contribution < 1.29 is 15.2 Å². The van der Waals surface area contributed by atoms with Gasteiger partial charge in [-0.1, -0.05) is 18.2 Å². The van der Waals surface area contributed by atoms with Gasteiger partial charge in [0, 0.05) is 30.7 Å². The van der Waals surface area contributed by atoms with Crippen LogP contribution in [0.2, 0.25) is 0 Å². The van der Waals surface area contributed by atoms with E-state index in [1.807, 2.05) is 60.7 Å². The van der Waals surface area contributed by atoms with Crippen LogP contribution >= 0.6 is 0 Å². The van der Waals surface area contributed by atoms with Crippen LogP contribution in [-0.4, -0.2) is 25.5 Å². The first-order valence-electron chi connectivity index (χ1n) is 7.96. The lowest BCUT2D eigenvalue weighted by Crippen LogP contribution is -2.28. The zero-order valence-electron chi connectivity index (χ0n) is 14.3. The minimum Gasteiger partial charge on any atom is -0.618 e. The molecule has 0 fully saturated rings. The fraction of sp³-hybridized carbons (Fsp3) is 0. The van der Waals surface area contributed by atoms with E-state index in [-0.39, 0.29) is 0 Å². The molecule has 0 bridgehead atoms. The Morgan fingerprint density at radius 3 is 1.44 bits per heavy atom. The van der Waals surface area contributed by atoms with E-state index < -0.39 is 0 Å². The Balaban J connectivity index is 0.000000178. The molecule has 0 spiro atoms. The van der Waals surface area contributed by atoms with Crippen LogP contribution in [0.3, 0.4) is 0 Å². The van der Waals surface area contributed by atoms with Gasteiger partial charge in [-0.25, -0.2) is 4.98 Å². The molecule has 136 valence electrons. The molecular weight excluding hydrogens is 344 g/mol. The van der Waals surface area contributed by atoms with Gasteiger partial charge >= 0.3 is 0 Å². The first-order valence-corrected chi connectivity index (χ1v) is 7.96. The fourth-order valence-corrected chi connectivity index (χ4v) is 2.17. The zero-order valence-corrected chi connectivity index (χ0v) is 14.3. The quantitative estimate of drug-likeness (QED) is 0.244. The maximum absolute atomic E-state index is 11.3. The molecule has 4 aromatic heterocycles. The standard InChI is InChI=1S/C10H8N2O.C10H8N2.H2O2/c13-12-8-4-2-6-10(12)9-5-1-3-7-11-9;1-3-7-11-9(5-1)10-6-2-4-8-12-10;1-2/h1-8H;1-8H;1-2H. The number of hydrogen-bond donors (Lipinski definition) is 2.